The number of nitrogens with zero attached hydrogens (tertiary/aromatic N) is 3. The van der Waals surface area contributed by atoms with Crippen molar-refractivity contribution < 1.29 is 19.1 Å². The Balaban J connectivity index is 1.59. The molecule has 4 rings (SSSR count). The molecule has 0 spiro atoms. The lowest BCUT2D eigenvalue weighted by Crippen LogP contribution is -2.49. The summed E-state index contributed by atoms with van der Waals surface area (Å²) in [6.45, 7) is 7.58. The van der Waals surface area contributed by atoms with Crippen LogP contribution in [0.4, 0.5) is 5.69 Å². The first-order valence-electron chi connectivity index (χ1n) is 11.2. The third kappa shape index (κ3) is 5.17. The zero-order valence-corrected chi connectivity index (χ0v) is 20.8. The van der Waals surface area contributed by atoms with Crippen LogP contribution in [-0.2, 0) is 9.59 Å². The third-order valence-electron chi connectivity index (χ3n) is 5.94. The Morgan fingerprint density at radius 1 is 1.26 bits per heavy atom. The molecule has 2 amide bonds. The lowest BCUT2D eigenvalue weighted by molar-refractivity contribution is -0.120. The van der Waals surface area contributed by atoms with E-state index in [1.54, 1.807) is 25.1 Å². The highest BCUT2D eigenvalue weighted by Gasteiger charge is 2.34. The molecular formula is C26H26N4O4S. The van der Waals surface area contributed by atoms with Crippen LogP contribution in [0.1, 0.15) is 31.9 Å². The van der Waals surface area contributed by atoms with Crippen LogP contribution < -0.4 is 19.7 Å². The molecule has 1 unspecified atom stereocenters. The van der Waals surface area contributed by atoms with Crippen LogP contribution in [0.5, 0.6) is 11.5 Å². The van der Waals surface area contributed by atoms with Crippen LogP contribution >= 0.6 is 11.8 Å². The summed E-state index contributed by atoms with van der Waals surface area (Å²) in [5, 5.41) is 12.7. The number of benzene rings is 2. The van der Waals surface area contributed by atoms with Crippen molar-refractivity contribution in [1.82, 2.24) is 5.32 Å². The zero-order valence-electron chi connectivity index (χ0n) is 20.0. The van der Waals surface area contributed by atoms with E-state index in [1.807, 2.05) is 51.1 Å². The third-order valence-corrected chi connectivity index (χ3v) is 6.88. The van der Waals surface area contributed by atoms with E-state index >= 15 is 0 Å². The van der Waals surface area contributed by atoms with Crippen molar-refractivity contribution in [1.29, 1.82) is 5.26 Å². The highest BCUT2D eigenvalue weighted by Crippen LogP contribution is 2.34. The molecule has 0 saturated carbocycles. The predicted molar refractivity (Wildman–Crippen MR) is 136 cm³/mol. The molecular weight excluding hydrogens is 464 g/mol. The average Bonchev–Trinajstić information content (AvgIpc) is 3.42. The number of anilines is 1. The lowest BCUT2D eigenvalue weighted by Gasteiger charge is -2.27. The Morgan fingerprint density at radius 2 is 1.97 bits per heavy atom. The van der Waals surface area contributed by atoms with Crippen LogP contribution in [0.3, 0.4) is 0 Å². The van der Waals surface area contributed by atoms with Gasteiger partial charge >= 0.3 is 0 Å². The van der Waals surface area contributed by atoms with Crippen LogP contribution in [0.25, 0.3) is 6.08 Å². The molecule has 0 fully saturated rings. The zero-order chi connectivity index (χ0) is 25.2. The fourth-order valence-corrected chi connectivity index (χ4v) is 4.25. The van der Waals surface area contributed by atoms with Crippen LogP contribution in [0, 0.1) is 24.2 Å². The minimum absolute atomic E-state index is 0.00969. The summed E-state index contributed by atoms with van der Waals surface area (Å²) >= 11 is 1.15. The van der Waals surface area contributed by atoms with Crippen LogP contribution in [0.2, 0.25) is 0 Å². The molecule has 1 N–H and O–H groups in total. The first-order chi connectivity index (χ1) is 16.7. The highest BCUT2D eigenvalue weighted by atomic mass is 32.2. The SMILES string of the molecule is Cc1ccc(N2C(=O)/C(=C/c3ccc4c(c3)OCO4)N=C2SCC(=O)NC(C)(C#N)C(C)C)cc1. The second-order valence-corrected chi connectivity index (χ2v) is 9.76. The molecule has 0 radical (unpaired) electrons. The summed E-state index contributed by atoms with van der Waals surface area (Å²) in [5.41, 5.74) is 1.73. The van der Waals surface area contributed by atoms with Crippen molar-refractivity contribution in [3.63, 3.8) is 0 Å². The molecule has 0 bridgehead atoms. The summed E-state index contributed by atoms with van der Waals surface area (Å²) in [6, 6.07) is 15.1. The van der Waals surface area contributed by atoms with Crippen LogP contribution in [-0.4, -0.2) is 35.1 Å². The number of rotatable bonds is 6. The molecule has 2 aliphatic heterocycles. The second kappa shape index (κ2) is 9.84. The monoisotopic (exact) mass is 490 g/mol. The number of hydrogen-bond acceptors (Lipinski definition) is 7. The number of carbonyl (C=O) groups is 2. The number of ether oxygens (including phenoxy) is 2. The molecule has 2 aliphatic rings. The second-order valence-electron chi connectivity index (χ2n) is 8.82. The van der Waals surface area contributed by atoms with E-state index in [4.69, 9.17) is 9.47 Å². The quantitative estimate of drug-likeness (QED) is 0.607. The fraction of sp³-hybridized carbons (Fsp3) is 0.308. The van der Waals surface area contributed by atoms with Gasteiger partial charge in [-0.1, -0.05) is 49.4 Å². The van der Waals surface area contributed by atoms with Crippen molar-refractivity contribution in [3.8, 4) is 17.6 Å². The molecule has 2 heterocycles. The van der Waals surface area contributed by atoms with Gasteiger partial charge in [0.25, 0.3) is 5.91 Å². The molecule has 2 aromatic rings. The van der Waals surface area contributed by atoms with E-state index < -0.39 is 5.54 Å². The van der Waals surface area contributed by atoms with Crippen molar-refractivity contribution in [2.24, 2.45) is 10.9 Å². The summed E-state index contributed by atoms with van der Waals surface area (Å²) in [5.74, 6) is 0.616. The first kappa shape index (κ1) is 24.4. The Labute approximate surface area is 208 Å². The number of amides is 2. The average molecular weight is 491 g/mol. The van der Waals surface area contributed by atoms with Gasteiger partial charge in [-0.25, -0.2) is 4.99 Å². The maximum absolute atomic E-state index is 13.4. The maximum Gasteiger partial charge on any atom is 0.283 e. The summed E-state index contributed by atoms with van der Waals surface area (Å²) < 4.78 is 10.8. The van der Waals surface area contributed by atoms with Crippen LogP contribution in [0.15, 0.2) is 53.2 Å². The van der Waals surface area contributed by atoms with Gasteiger partial charge in [0, 0.05) is 0 Å². The summed E-state index contributed by atoms with van der Waals surface area (Å²) in [7, 11) is 0. The minimum Gasteiger partial charge on any atom is -0.454 e. The Kier molecular flexibility index (Phi) is 6.85. The number of hydrogen-bond donors (Lipinski definition) is 1. The topological polar surface area (TPSA) is 104 Å². The van der Waals surface area contributed by atoms with E-state index in [1.165, 1.54) is 4.90 Å². The van der Waals surface area contributed by atoms with Crippen molar-refractivity contribution in [2.75, 3.05) is 17.4 Å². The van der Waals surface area contributed by atoms with Gasteiger partial charge in [-0.2, -0.15) is 5.26 Å². The van der Waals surface area contributed by atoms with Crippen molar-refractivity contribution in [3.05, 3.63) is 59.3 Å². The Hall–Kier alpha value is -3.77. The van der Waals surface area contributed by atoms with Gasteiger partial charge in [0.2, 0.25) is 12.7 Å². The molecule has 0 saturated heterocycles. The largest absolute Gasteiger partial charge is 0.454 e. The molecule has 8 nitrogen and oxygen atoms in total. The number of nitriles is 1. The summed E-state index contributed by atoms with van der Waals surface area (Å²) in [6.07, 6.45) is 1.69. The number of aryl methyl sites for hydroxylation is 1. The molecule has 180 valence electrons. The van der Waals surface area contributed by atoms with Crippen molar-refractivity contribution in [2.45, 2.75) is 33.2 Å². The number of thioether (sulfide) groups is 1. The smallest absolute Gasteiger partial charge is 0.283 e. The van der Waals surface area contributed by atoms with E-state index in [-0.39, 0.29) is 36.0 Å². The van der Waals surface area contributed by atoms with Crippen molar-refractivity contribution >= 4 is 40.5 Å². The molecule has 1 atom stereocenters. The van der Waals surface area contributed by atoms with Gasteiger partial charge in [-0.05, 0) is 55.7 Å². The number of aliphatic imine (C=N–C) groups is 1. The lowest BCUT2D eigenvalue weighted by atomic mass is 9.90. The molecule has 0 aliphatic carbocycles. The molecule has 35 heavy (non-hydrogen) atoms. The Morgan fingerprint density at radius 3 is 2.66 bits per heavy atom. The Bertz CT molecular complexity index is 1260. The van der Waals surface area contributed by atoms with Gasteiger partial charge in [-0.15, -0.1) is 0 Å². The predicted octanol–water partition coefficient (Wildman–Crippen LogP) is 4.26. The number of carbonyl (C=O) groups excluding carboxylic acids is 2. The van der Waals surface area contributed by atoms with Gasteiger partial charge in [0.15, 0.2) is 16.7 Å². The minimum atomic E-state index is -0.980. The van der Waals surface area contributed by atoms with Gasteiger partial charge in [0.05, 0.1) is 17.5 Å². The van der Waals surface area contributed by atoms with Gasteiger partial charge in [0.1, 0.15) is 11.2 Å². The van der Waals surface area contributed by atoms with E-state index in [2.05, 4.69) is 16.4 Å². The highest BCUT2D eigenvalue weighted by molar-refractivity contribution is 8.14. The normalized spacial score (nSPS) is 17.4. The van der Waals surface area contributed by atoms with Gasteiger partial charge in [-0.3, -0.25) is 14.5 Å². The maximum atomic E-state index is 13.4. The van der Waals surface area contributed by atoms with E-state index in [0.29, 0.717) is 22.4 Å². The van der Waals surface area contributed by atoms with Gasteiger partial charge < -0.3 is 14.8 Å². The number of amidine groups is 1. The number of nitrogens with one attached hydrogen (secondary N) is 1. The first-order valence-corrected chi connectivity index (χ1v) is 12.1. The molecule has 0 aromatic heterocycles. The standard InChI is InChI=1S/C26H26N4O4S/c1-16(2)26(4,14-27)29-23(31)13-35-25-28-20(11-18-7-10-21-22(12-18)34-15-33-21)24(32)30(25)19-8-5-17(3)6-9-19/h5-12,16H,13,15H2,1-4H3,(H,29,31)/b20-11-. The molecule has 9 heteroatoms. The van der Waals surface area contributed by atoms with E-state index in [9.17, 15) is 14.9 Å². The number of fused-ring (bicyclic) bond motifs is 1. The fourth-order valence-electron chi connectivity index (χ4n) is 3.43. The summed E-state index contributed by atoms with van der Waals surface area (Å²) in [4.78, 5) is 32.1. The molecule has 2 aromatic carbocycles. The van der Waals surface area contributed by atoms with E-state index in [0.717, 1.165) is 22.9 Å².